The molecule has 0 aliphatic heterocycles. The van der Waals surface area contributed by atoms with Gasteiger partial charge in [0, 0.05) is 15.4 Å². The van der Waals surface area contributed by atoms with Crippen LogP contribution in [0.3, 0.4) is 0 Å². The van der Waals surface area contributed by atoms with Crippen molar-refractivity contribution in [2.45, 2.75) is 11.8 Å². The van der Waals surface area contributed by atoms with E-state index in [0.29, 0.717) is 9.80 Å². The Bertz CT molecular complexity index is 274. The van der Waals surface area contributed by atoms with Gasteiger partial charge in [-0.05, 0) is 21.5 Å². The van der Waals surface area contributed by atoms with Gasteiger partial charge in [-0.25, -0.2) is 8.78 Å². The van der Waals surface area contributed by atoms with E-state index in [9.17, 15) is 8.78 Å². The molecule has 0 saturated heterocycles. The lowest BCUT2D eigenvalue weighted by Gasteiger charge is -2.06. The molecule has 0 nitrogen and oxygen atoms in total. The fraction of sp³-hybridized carbons (Fsp3) is 0.250. The van der Waals surface area contributed by atoms with Gasteiger partial charge in [0.2, 0.25) is 0 Å². The number of hydrogen-bond donors (Lipinski definition) is 0. The highest BCUT2D eigenvalue weighted by molar-refractivity contribution is 9.10. The second-order valence-electron chi connectivity index (χ2n) is 2.25. The largest absolute Gasteiger partial charge is 0.264 e. The van der Waals surface area contributed by atoms with Gasteiger partial charge in [0.1, 0.15) is 0 Å². The van der Waals surface area contributed by atoms with Crippen molar-refractivity contribution in [1.82, 2.24) is 0 Å². The summed E-state index contributed by atoms with van der Waals surface area (Å²) in [5.74, 6) is 0. The highest BCUT2D eigenvalue weighted by atomic mass is 79.9. The molecule has 0 fully saturated rings. The Labute approximate surface area is 86.2 Å². The van der Waals surface area contributed by atoms with Gasteiger partial charge in [0.05, 0.1) is 0 Å². The minimum absolute atomic E-state index is 0.0481. The zero-order chi connectivity index (χ0) is 9.14. The lowest BCUT2D eigenvalue weighted by molar-refractivity contribution is 0.150. The van der Waals surface area contributed by atoms with Gasteiger partial charge < -0.3 is 0 Å². The van der Waals surface area contributed by atoms with Crippen LogP contribution in [0.25, 0.3) is 0 Å². The van der Waals surface area contributed by atoms with Crippen molar-refractivity contribution < 1.29 is 8.78 Å². The van der Waals surface area contributed by atoms with Crippen molar-refractivity contribution in [2.24, 2.45) is 0 Å². The first-order chi connectivity index (χ1) is 5.66. The summed E-state index contributed by atoms with van der Waals surface area (Å²) in [5.41, 5.74) is 0.889. The fourth-order valence-corrected chi connectivity index (χ4v) is 2.29. The number of halogens is 4. The second-order valence-corrected chi connectivity index (χ2v) is 3.61. The van der Waals surface area contributed by atoms with Crippen molar-refractivity contribution in [3.63, 3.8) is 0 Å². The Morgan fingerprint density at radius 3 is 2.50 bits per heavy atom. The molecule has 12 heavy (non-hydrogen) atoms. The van der Waals surface area contributed by atoms with Gasteiger partial charge in [-0.1, -0.05) is 34.1 Å². The summed E-state index contributed by atoms with van der Waals surface area (Å²) < 4.78 is 25.1. The van der Waals surface area contributed by atoms with Gasteiger partial charge in [-0.15, -0.1) is 0 Å². The third kappa shape index (κ3) is 2.04. The van der Waals surface area contributed by atoms with Gasteiger partial charge >= 0.3 is 0 Å². The Morgan fingerprint density at radius 2 is 2.00 bits per heavy atom. The molecule has 0 bridgehead atoms. The molecule has 0 N–H and O–H groups in total. The van der Waals surface area contributed by atoms with E-state index in [1.54, 1.807) is 12.1 Å². The SMILES string of the molecule is FC(F)c1cccc(CBr)c1Br. The minimum Gasteiger partial charge on any atom is -0.205 e. The van der Waals surface area contributed by atoms with Gasteiger partial charge in [0.25, 0.3) is 6.43 Å². The summed E-state index contributed by atoms with van der Waals surface area (Å²) in [7, 11) is 0. The van der Waals surface area contributed by atoms with Crippen molar-refractivity contribution in [2.75, 3.05) is 0 Å². The predicted molar refractivity (Wildman–Crippen MR) is 51.7 cm³/mol. The van der Waals surface area contributed by atoms with E-state index in [2.05, 4.69) is 31.9 Å². The van der Waals surface area contributed by atoms with E-state index in [1.165, 1.54) is 6.07 Å². The second kappa shape index (κ2) is 4.33. The number of benzene rings is 1. The molecule has 1 rings (SSSR count). The normalized spacial score (nSPS) is 10.8. The summed E-state index contributed by atoms with van der Waals surface area (Å²) >= 11 is 6.35. The first kappa shape index (κ1) is 10.1. The lowest BCUT2D eigenvalue weighted by atomic mass is 10.1. The van der Waals surface area contributed by atoms with Crippen LogP contribution in [0.4, 0.5) is 8.78 Å². The molecular weight excluding hydrogens is 294 g/mol. The molecule has 4 heteroatoms. The van der Waals surface area contributed by atoms with Crippen molar-refractivity contribution >= 4 is 31.9 Å². The van der Waals surface area contributed by atoms with Crippen molar-refractivity contribution in [1.29, 1.82) is 0 Å². The average Bonchev–Trinajstić information content (AvgIpc) is 2.04. The molecule has 1 aromatic carbocycles. The average molecular weight is 300 g/mol. The van der Waals surface area contributed by atoms with Crippen LogP contribution in [0.15, 0.2) is 22.7 Å². The van der Waals surface area contributed by atoms with E-state index in [4.69, 9.17) is 0 Å². The van der Waals surface area contributed by atoms with E-state index in [-0.39, 0.29) is 5.56 Å². The molecule has 0 aliphatic rings. The van der Waals surface area contributed by atoms with Gasteiger partial charge in [-0.2, -0.15) is 0 Å². The van der Waals surface area contributed by atoms with Crippen molar-refractivity contribution in [3.8, 4) is 0 Å². The van der Waals surface area contributed by atoms with Crippen LogP contribution in [0.2, 0.25) is 0 Å². The summed E-state index contributed by atoms with van der Waals surface area (Å²) in [4.78, 5) is 0. The molecule has 0 spiro atoms. The van der Waals surface area contributed by atoms with Gasteiger partial charge in [0.15, 0.2) is 0 Å². The molecule has 0 amide bonds. The Morgan fingerprint density at radius 1 is 1.33 bits per heavy atom. The van der Waals surface area contributed by atoms with E-state index >= 15 is 0 Å². The number of rotatable bonds is 2. The van der Waals surface area contributed by atoms with Crippen LogP contribution >= 0.6 is 31.9 Å². The summed E-state index contributed by atoms with van der Waals surface area (Å²) in [6, 6.07) is 4.84. The van der Waals surface area contributed by atoms with E-state index in [1.807, 2.05) is 0 Å². The number of alkyl halides is 3. The standard InChI is InChI=1S/C8H6Br2F2/c9-4-5-2-1-3-6(7(5)10)8(11)12/h1-3,8H,4H2. The minimum atomic E-state index is -2.42. The zero-order valence-electron chi connectivity index (χ0n) is 6.03. The van der Waals surface area contributed by atoms with Crippen LogP contribution in [0.5, 0.6) is 0 Å². The Hall–Kier alpha value is 0.0400. The first-order valence-corrected chi connectivity index (χ1v) is 5.19. The fourth-order valence-electron chi connectivity index (χ4n) is 0.871. The molecule has 1 aromatic rings. The van der Waals surface area contributed by atoms with Crippen LogP contribution in [0, 0.1) is 0 Å². The highest BCUT2D eigenvalue weighted by Gasteiger charge is 2.12. The molecule has 0 atom stereocenters. The molecule has 0 heterocycles. The maximum Gasteiger partial charge on any atom is 0.264 e. The first-order valence-electron chi connectivity index (χ1n) is 3.28. The molecule has 66 valence electrons. The van der Waals surface area contributed by atoms with E-state index in [0.717, 1.165) is 5.56 Å². The summed E-state index contributed by atoms with van der Waals surface area (Å²) in [6.07, 6.45) is -2.42. The maximum atomic E-state index is 12.3. The van der Waals surface area contributed by atoms with Crippen LogP contribution in [-0.4, -0.2) is 0 Å². The molecular formula is C8H6Br2F2. The zero-order valence-corrected chi connectivity index (χ0v) is 9.20. The number of hydrogen-bond acceptors (Lipinski definition) is 0. The molecule has 0 aliphatic carbocycles. The monoisotopic (exact) mass is 298 g/mol. The lowest BCUT2D eigenvalue weighted by Crippen LogP contribution is -1.89. The summed E-state index contributed by atoms with van der Waals surface area (Å²) in [6.45, 7) is 0. The molecule has 0 saturated carbocycles. The van der Waals surface area contributed by atoms with Crippen LogP contribution in [-0.2, 0) is 5.33 Å². The third-order valence-corrected chi connectivity index (χ3v) is 3.06. The van der Waals surface area contributed by atoms with Crippen LogP contribution in [0.1, 0.15) is 17.6 Å². The smallest absolute Gasteiger partial charge is 0.205 e. The quantitative estimate of drug-likeness (QED) is 0.715. The van der Waals surface area contributed by atoms with E-state index < -0.39 is 6.43 Å². The third-order valence-electron chi connectivity index (χ3n) is 1.49. The molecule has 0 radical (unpaired) electrons. The molecule has 0 aromatic heterocycles. The Kier molecular flexibility index (Phi) is 3.65. The topological polar surface area (TPSA) is 0 Å². The van der Waals surface area contributed by atoms with Crippen molar-refractivity contribution in [3.05, 3.63) is 33.8 Å². The van der Waals surface area contributed by atoms with Crippen LogP contribution < -0.4 is 0 Å². The van der Waals surface area contributed by atoms with Gasteiger partial charge in [-0.3, -0.25) is 0 Å². The Balaban J connectivity index is 3.14. The molecule has 0 unspecified atom stereocenters. The summed E-state index contributed by atoms with van der Waals surface area (Å²) in [5, 5.41) is 0.578. The highest BCUT2D eigenvalue weighted by Crippen LogP contribution is 2.30. The maximum absolute atomic E-state index is 12.3. The predicted octanol–water partition coefficient (Wildman–Crippen LogP) is 4.28.